The Morgan fingerprint density at radius 2 is 1.86 bits per heavy atom. The van der Waals surface area contributed by atoms with Crippen molar-refractivity contribution in [2.24, 2.45) is 0 Å². The second-order valence-corrected chi connectivity index (χ2v) is 7.20. The van der Waals surface area contributed by atoms with Gasteiger partial charge in [0.2, 0.25) is 5.91 Å². The van der Waals surface area contributed by atoms with Gasteiger partial charge in [-0.25, -0.2) is 0 Å². The molecule has 2 aromatic carbocycles. The molecule has 2 amide bonds. The molecule has 146 valence electrons. The standard InChI is InChI=1S/C22H17BrN2O4/c23-17-8-2-1-6-15(17)12-20-22(27)25(18-9-3-4-10-19(18)29-20)14-21(26)24-13-16-7-5-11-28-16/h1-12H,13-14H2,(H,24,26). The van der Waals surface area contributed by atoms with E-state index in [2.05, 4.69) is 21.2 Å². The van der Waals surface area contributed by atoms with Gasteiger partial charge in [0, 0.05) is 4.47 Å². The number of halogens is 1. The monoisotopic (exact) mass is 452 g/mol. The Morgan fingerprint density at radius 3 is 2.66 bits per heavy atom. The molecule has 0 radical (unpaired) electrons. The van der Waals surface area contributed by atoms with Gasteiger partial charge < -0.3 is 14.5 Å². The highest BCUT2D eigenvalue weighted by atomic mass is 79.9. The van der Waals surface area contributed by atoms with Crippen LogP contribution in [0, 0.1) is 0 Å². The van der Waals surface area contributed by atoms with Crippen molar-refractivity contribution >= 4 is 39.5 Å². The van der Waals surface area contributed by atoms with Crippen molar-refractivity contribution < 1.29 is 18.7 Å². The van der Waals surface area contributed by atoms with E-state index in [0.29, 0.717) is 17.2 Å². The molecule has 1 aliphatic rings. The molecule has 0 atom stereocenters. The minimum atomic E-state index is -0.382. The number of benzene rings is 2. The first-order valence-corrected chi connectivity index (χ1v) is 9.75. The van der Waals surface area contributed by atoms with Gasteiger partial charge in [-0.2, -0.15) is 0 Å². The normalized spacial score (nSPS) is 14.4. The van der Waals surface area contributed by atoms with E-state index in [1.54, 1.807) is 42.7 Å². The highest BCUT2D eigenvalue weighted by Gasteiger charge is 2.31. The van der Waals surface area contributed by atoms with Crippen LogP contribution in [-0.4, -0.2) is 18.4 Å². The van der Waals surface area contributed by atoms with Gasteiger partial charge in [-0.15, -0.1) is 0 Å². The van der Waals surface area contributed by atoms with Crippen LogP contribution >= 0.6 is 15.9 Å². The summed E-state index contributed by atoms with van der Waals surface area (Å²) in [6, 6.07) is 18.2. The summed E-state index contributed by atoms with van der Waals surface area (Å²) in [6.45, 7) is 0.124. The van der Waals surface area contributed by atoms with Crippen molar-refractivity contribution in [3.8, 4) is 5.75 Å². The molecule has 0 saturated heterocycles. The van der Waals surface area contributed by atoms with E-state index >= 15 is 0 Å². The Balaban J connectivity index is 1.59. The molecule has 0 saturated carbocycles. The van der Waals surface area contributed by atoms with Crippen LogP contribution in [0.15, 0.2) is 81.6 Å². The summed E-state index contributed by atoms with van der Waals surface area (Å²) in [4.78, 5) is 27.0. The Kier molecular flexibility index (Phi) is 5.48. The quantitative estimate of drug-likeness (QED) is 0.590. The molecule has 0 aliphatic carbocycles. The van der Waals surface area contributed by atoms with Crippen LogP contribution in [0.1, 0.15) is 11.3 Å². The lowest BCUT2D eigenvalue weighted by atomic mass is 10.1. The number of carbonyl (C=O) groups excluding carboxylic acids is 2. The number of amides is 2. The van der Waals surface area contributed by atoms with Crippen LogP contribution < -0.4 is 15.0 Å². The fourth-order valence-electron chi connectivity index (χ4n) is 2.95. The number of nitrogens with one attached hydrogen (secondary N) is 1. The molecule has 6 nitrogen and oxygen atoms in total. The Hall–Kier alpha value is -3.32. The first-order valence-electron chi connectivity index (χ1n) is 8.96. The zero-order chi connectivity index (χ0) is 20.2. The molecular formula is C22H17BrN2O4. The SMILES string of the molecule is O=C(CN1C(=O)C(=Cc2ccccc2Br)Oc2ccccc21)NCc1ccco1. The van der Waals surface area contributed by atoms with E-state index in [-0.39, 0.29) is 30.7 Å². The number of anilines is 1. The lowest BCUT2D eigenvalue weighted by Crippen LogP contribution is -2.44. The van der Waals surface area contributed by atoms with Crippen LogP contribution in [0.2, 0.25) is 0 Å². The van der Waals surface area contributed by atoms with E-state index in [9.17, 15) is 9.59 Å². The molecule has 2 heterocycles. The number of hydrogen-bond donors (Lipinski definition) is 1. The second kappa shape index (κ2) is 8.36. The maximum absolute atomic E-state index is 13.1. The Labute approximate surface area is 175 Å². The molecule has 0 unspecified atom stereocenters. The number of ether oxygens (including phenoxy) is 1. The van der Waals surface area contributed by atoms with E-state index < -0.39 is 0 Å². The summed E-state index contributed by atoms with van der Waals surface area (Å²) in [7, 11) is 0. The van der Waals surface area contributed by atoms with Gasteiger partial charge in [-0.05, 0) is 42.0 Å². The molecule has 7 heteroatoms. The summed E-state index contributed by atoms with van der Waals surface area (Å²) >= 11 is 3.47. The van der Waals surface area contributed by atoms with E-state index in [4.69, 9.17) is 9.15 Å². The smallest absolute Gasteiger partial charge is 0.294 e. The van der Waals surface area contributed by atoms with Crippen molar-refractivity contribution in [3.63, 3.8) is 0 Å². The number of hydrogen-bond acceptors (Lipinski definition) is 4. The first-order chi connectivity index (χ1) is 14.1. The number of furan rings is 1. The molecule has 0 fully saturated rings. The zero-order valence-electron chi connectivity index (χ0n) is 15.3. The van der Waals surface area contributed by atoms with E-state index in [0.717, 1.165) is 10.0 Å². The minimum Gasteiger partial charge on any atom is -0.467 e. The maximum Gasteiger partial charge on any atom is 0.294 e. The van der Waals surface area contributed by atoms with Gasteiger partial charge in [0.15, 0.2) is 11.5 Å². The van der Waals surface area contributed by atoms with Crippen molar-refractivity contribution in [1.82, 2.24) is 5.32 Å². The van der Waals surface area contributed by atoms with Gasteiger partial charge in [-0.1, -0.05) is 46.3 Å². The average Bonchev–Trinajstić information content (AvgIpc) is 3.25. The lowest BCUT2D eigenvalue weighted by molar-refractivity contribution is -0.123. The van der Waals surface area contributed by atoms with Gasteiger partial charge in [0.1, 0.15) is 12.3 Å². The molecular weight excluding hydrogens is 436 g/mol. The van der Waals surface area contributed by atoms with Gasteiger partial charge in [-0.3, -0.25) is 14.5 Å². The Morgan fingerprint density at radius 1 is 1.07 bits per heavy atom. The van der Waals surface area contributed by atoms with Gasteiger partial charge >= 0.3 is 0 Å². The summed E-state index contributed by atoms with van der Waals surface area (Å²) in [5.41, 5.74) is 1.35. The highest BCUT2D eigenvalue weighted by Crippen LogP contribution is 2.35. The summed E-state index contributed by atoms with van der Waals surface area (Å²) in [5.74, 6) is 0.625. The fourth-order valence-corrected chi connectivity index (χ4v) is 3.35. The number of fused-ring (bicyclic) bond motifs is 1. The number of rotatable bonds is 5. The first kappa shape index (κ1) is 19.0. The third kappa shape index (κ3) is 4.25. The van der Waals surface area contributed by atoms with Crippen LogP contribution in [0.5, 0.6) is 5.75 Å². The molecule has 4 rings (SSSR count). The van der Waals surface area contributed by atoms with Crippen LogP contribution in [0.25, 0.3) is 6.08 Å². The van der Waals surface area contributed by atoms with Crippen molar-refractivity contribution in [2.45, 2.75) is 6.54 Å². The molecule has 0 bridgehead atoms. The highest BCUT2D eigenvalue weighted by molar-refractivity contribution is 9.10. The van der Waals surface area contributed by atoms with Crippen molar-refractivity contribution in [1.29, 1.82) is 0 Å². The predicted octanol–water partition coefficient (Wildman–Crippen LogP) is 4.13. The van der Waals surface area contributed by atoms with Crippen LogP contribution in [0.4, 0.5) is 5.69 Å². The summed E-state index contributed by atoms with van der Waals surface area (Å²) < 4.78 is 11.9. The second-order valence-electron chi connectivity index (χ2n) is 6.35. The lowest BCUT2D eigenvalue weighted by Gasteiger charge is -2.30. The molecule has 3 aromatic rings. The number of carbonyl (C=O) groups is 2. The average molecular weight is 453 g/mol. The minimum absolute atomic E-state index is 0.132. The molecule has 29 heavy (non-hydrogen) atoms. The third-order valence-corrected chi connectivity index (χ3v) is 5.09. The molecule has 1 N–H and O–H groups in total. The topological polar surface area (TPSA) is 71.8 Å². The number of para-hydroxylation sites is 2. The fraction of sp³-hybridized carbons (Fsp3) is 0.0909. The van der Waals surface area contributed by atoms with Crippen molar-refractivity contribution in [2.75, 3.05) is 11.4 Å². The Bertz CT molecular complexity index is 1080. The van der Waals surface area contributed by atoms with Crippen LogP contribution in [-0.2, 0) is 16.1 Å². The molecule has 1 aliphatic heterocycles. The van der Waals surface area contributed by atoms with Crippen molar-refractivity contribution in [3.05, 3.63) is 88.5 Å². The molecule has 0 spiro atoms. The molecule has 1 aromatic heterocycles. The summed E-state index contributed by atoms with van der Waals surface area (Å²) in [6.07, 6.45) is 3.21. The third-order valence-electron chi connectivity index (χ3n) is 4.37. The summed E-state index contributed by atoms with van der Waals surface area (Å²) in [5, 5.41) is 2.76. The van der Waals surface area contributed by atoms with E-state index in [1.165, 1.54) is 4.90 Å². The number of nitrogens with zero attached hydrogens (tertiary/aromatic N) is 1. The predicted molar refractivity (Wildman–Crippen MR) is 112 cm³/mol. The zero-order valence-corrected chi connectivity index (χ0v) is 16.9. The van der Waals surface area contributed by atoms with E-state index in [1.807, 2.05) is 30.3 Å². The maximum atomic E-state index is 13.1. The van der Waals surface area contributed by atoms with Gasteiger partial charge in [0.25, 0.3) is 5.91 Å². The van der Waals surface area contributed by atoms with Crippen LogP contribution in [0.3, 0.4) is 0 Å². The largest absolute Gasteiger partial charge is 0.467 e. The van der Waals surface area contributed by atoms with Gasteiger partial charge in [0.05, 0.1) is 18.5 Å².